The number of hydrogen-bond donors (Lipinski definition) is 1. The van der Waals surface area contributed by atoms with Crippen LogP contribution in [-0.4, -0.2) is 45.8 Å². The third kappa shape index (κ3) is 5.47. The summed E-state index contributed by atoms with van der Waals surface area (Å²) in [5.74, 6) is 0.513. The van der Waals surface area contributed by atoms with Gasteiger partial charge in [0.25, 0.3) is 5.69 Å². The summed E-state index contributed by atoms with van der Waals surface area (Å²) >= 11 is 0. The number of non-ortho nitro benzene ring substituents is 1. The number of nitro benzene ring substituents is 1. The van der Waals surface area contributed by atoms with Crippen molar-refractivity contribution in [2.45, 2.75) is 32.9 Å². The summed E-state index contributed by atoms with van der Waals surface area (Å²) in [5, 5.41) is 14.0. The highest BCUT2D eigenvalue weighted by molar-refractivity contribution is 7.92. The SMILES string of the molecule is COc1ccc(OC)c([C@@H](C)NC(=O)[C@H](C)N(c2cc([N+](=O)[O-])ccc2C)S(C)(=O)=O)c1. The first-order valence-electron chi connectivity index (χ1n) is 9.67. The molecule has 0 spiro atoms. The van der Waals surface area contributed by atoms with Gasteiger partial charge >= 0.3 is 0 Å². The highest BCUT2D eigenvalue weighted by atomic mass is 32.2. The van der Waals surface area contributed by atoms with Gasteiger partial charge in [0.1, 0.15) is 17.5 Å². The number of carbonyl (C=O) groups is 1. The first kappa shape index (κ1) is 24.9. The topological polar surface area (TPSA) is 128 Å². The Kier molecular flexibility index (Phi) is 7.68. The summed E-state index contributed by atoms with van der Waals surface area (Å²) in [4.78, 5) is 23.6. The van der Waals surface area contributed by atoms with Crippen molar-refractivity contribution in [1.82, 2.24) is 5.32 Å². The Morgan fingerprint density at radius 1 is 1.12 bits per heavy atom. The Labute approximate surface area is 187 Å². The van der Waals surface area contributed by atoms with Gasteiger partial charge in [0.15, 0.2) is 0 Å². The van der Waals surface area contributed by atoms with Crippen molar-refractivity contribution in [2.24, 2.45) is 0 Å². The van der Waals surface area contributed by atoms with E-state index in [1.165, 1.54) is 33.3 Å². The minimum atomic E-state index is -3.95. The van der Waals surface area contributed by atoms with E-state index in [0.29, 0.717) is 22.6 Å². The molecule has 0 saturated heterocycles. The second-order valence-electron chi connectivity index (χ2n) is 7.30. The van der Waals surface area contributed by atoms with Crippen LogP contribution in [0.15, 0.2) is 36.4 Å². The van der Waals surface area contributed by atoms with E-state index in [1.54, 1.807) is 32.0 Å². The van der Waals surface area contributed by atoms with Crippen molar-refractivity contribution in [2.75, 3.05) is 24.8 Å². The number of benzene rings is 2. The fraction of sp³-hybridized carbons (Fsp3) is 0.381. The van der Waals surface area contributed by atoms with Crippen LogP contribution in [0.5, 0.6) is 11.5 Å². The molecule has 1 amide bonds. The van der Waals surface area contributed by atoms with Crippen molar-refractivity contribution in [3.63, 3.8) is 0 Å². The summed E-state index contributed by atoms with van der Waals surface area (Å²) in [6.45, 7) is 4.76. The highest BCUT2D eigenvalue weighted by Gasteiger charge is 2.32. The van der Waals surface area contributed by atoms with Crippen LogP contribution in [0.1, 0.15) is 31.0 Å². The lowest BCUT2D eigenvalue weighted by Crippen LogP contribution is -2.48. The lowest BCUT2D eigenvalue weighted by atomic mass is 10.1. The number of anilines is 1. The van der Waals surface area contributed by atoms with Crippen molar-refractivity contribution in [3.05, 3.63) is 57.6 Å². The van der Waals surface area contributed by atoms with Gasteiger partial charge in [0.2, 0.25) is 15.9 Å². The van der Waals surface area contributed by atoms with Gasteiger partial charge in [0.05, 0.1) is 37.1 Å². The third-order valence-electron chi connectivity index (χ3n) is 4.99. The Bertz CT molecular complexity index is 1120. The molecule has 0 unspecified atom stereocenters. The number of amides is 1. The van der Waals surface area contributed by atoms with E-state index in [1.807, 2.05) is 0 Å². The Hall–Kier alpha value is -3.34. The summed E-state index contributed by atoms with van der Waals surface area (Å²) in [6.07, 6.45) is 0.948. The van der Waals surface area contributed by atoms with Crippen molar-refractivity contribution in [1.29, 1.82) is 0 Å². The van der Waals surface area contributed by atoms with E-state index in [2.05, 4.69) is 5.32 Å². The maximum absolute atomic E-state index is 13.0. The van der Waals surface area contributed by atoms with Gasteiger partial charge < -0.3 is 14.8 Å². The molecular formula is C21H27N3O7S. The molecule has 0 aliphatic carbocycles. The van der Waals surface area contributed by atoms with Gasteiger partial charge in [0, 0.05) is 17.7 Å². The Balaban J connectivity index is 2.40. The van der Waals surface area contributed by atoms with Gasteiger partial charge in [-0.2, -0.15) is 0 Å². The maximum atomic E-state index is 13.0. The quantitative estimate of drug-likeness (QED) is 0.445. The normalized spacial score (nSPS) is 13.1. The molecule has 1 N–H and O–H groups in total. The molecule has 2 aromatic rings. The third-order valence-corrected chi connectivity index (χ3v) is 6.22. The number of carbonyl (C=O) groups excluding carboxylic acids is 1. The molecule has 11 heteroatoms. The minimum Gasteiger partial charge on any atom is -0.497 e. The first-order chi connectivity index (χ1) is 14.9. The molecule has 174 valence electrons. The number of aryl methyl sites for hydroxylation is 1. The van der Waals surface area contributed by atoms with Crippen LogP contribution in [0, 0.1) is 17.0 Å². The standard InChI is InChI=1S/C21H27N3O7S/c1-13-7-8-16(24(26)27)11-19(13)23(32(6,28)29)15(3)21(25)22-14(2)18-12-17(30-4)9-10-20(18)31-5/h7-12,14-15H,1-6H3,(H,22,25)/t14-,15+/m1/s1. The molecule has 2 rings (SSSR count). The molecule has 32 heavy (non-hydrogen) atoms. The molecule has 2 aromatic carbocycles. The Morgan fingerprint density at radius 3 is 2.31 bits per heavy atom. The molecule has 0 bridgehead atoms. The van der Waals surface area contributed by atoms with Crippen LogP contribution < -0.4 is 19.1 Å². The average Bonchev–Trinajstić information content (AvgIpc) is 2.73. The summed E-state index contributed by atoms with van der Waals surface area (Å²) < 4.78 is 36.7. The van der Waals surface area contributed by atoms with Crippen LogP contribution in [0.4, 0.5) is 11.4 Å². The molecule has 0 heterocycles. The van der Waals surface area contributed by atoms with Gasteiger partial charge in [-0.15, -0.1) is 0 Å². The van der Waals surface area contributed by atoms with Crippen LogP contribution in [0.2, 0.25) is 0 Å². The van der Waals surface area contributed by atoms with E-state index < -0.39 is 32.9 Å². The largest absolute Gasteiger partial charge is 0.497 e. The molecule has 0 aliphatic rings. The van der Waals surface area contributed by atoms with Crippen molar-refractivity contribution >= 4 is 27.3 Å². The van der Waals surface area contributed by atoms with E-state index in [9.17, 15) is 23.3 Å². The predicted molar refractivity (Wildman–Crippen MR) is 121 cm³/mol. The van der Waals surface area contributed by atoms with Gasteiger partial charge in [-0.1, -0.05) is 6.07 Å². The fourth-order valence-electron chi connectivity index (χ4n) is 3.32. The molecule has 0 aromatic heterocycles. The lowest BCUT2D eigenvalue weighted by molar-refractivity contribution is -0.384. The lowest BCUT2D eigenvalue weighted by Gasteiger charge is -2.30. The molecule has 10 nitrogen and oxygen atoms in total. The molecule has 0 aliphatic heterocycles. The van der Waals surface area contributed by atoms with Gasteiger partial charge in [-0.25, -0.2) is 8.42 Å². The van der Waals surface area contributed by atoms with E-state index >= 15 is 0 Å². The average molecular weight is 466 g/mol. The van der Waals surface area contributed by atoms with Crippen LogP contribution in [0.25, 0.3) is 0 Å². The number of nitrogens with zero attached hydrogens (tertiary/aromatic N) is 2. The van der Waals surface area contributed by atoms with Gasteiger partial charge in [-0.05, 0) is 44.5 Å². The van der Waals surface area contributed by atoms with Crippen LogP contribution >= 0.6 is 0 Å². The zero-order valence-electron chi connectivity index (χ0n) is 18.8. The number of methoxy groups -OCH3 is 2. The fourth-order valence-corrected chi connectivity index (χ4v) is 4.54. The second kappa shape index (κ2) is 9.86. The summed E-state index contributed by atoms with van der Waals surface area (Å²) in [6, 6.07) is 7.29. The summed E-state index contributed by atoms with van der Waals surface area (Å²) in [7, 11) is -0.931. The number of sulfonamides is 1. The number of nitro groups is 1. The number of ether oxygens (including phenoxy) is 2. The minimum absolute atomic E-state index is 0.0657. The molecule has 0 radical (unpaired) electrons. The molecule has 0 saturated carbocycles. The molecular weight excluding hydrogens is 438 g/mol. The van der Waals surface area contributed by atoms with E-state index in [0.717, 1.165) is 16.6 Å². The van der Waals surface area contributed by atoms with E-state index in [-0.39, 0.29) is 11.4 Å². The van der Waals surface area contributed by atoms with Gasteiger partial charge in [-0.3, -0.25) is 19.2 Å². The maximum Gasteiger partial charge on any atom is 0.271 e. The zero-order chi connectivity index (χ0) is 24.2. The predicted octanol–water partition coefficient (Wildman–Crippen LogP) is 2.95. The van der Waals surface area contributed by atoms with Crippen LogP contribution in [-0.2, 0) is 14.8 Å². The van der Waals surface area contributed by atoms with E-state index in [4.69, 9.17) is 9.47 Å². The number of rotatable bonds is 9. The van der Waals surface area contributed by atoms with Crippen molar-refractivity contribution in [3.8, 4) is 11.5 Å². The zero-order valence-corrected chi connectivity index (χ0v) is 19.6. The van der Waals surface area contributed by atoms with Crippen LogP contribution in [0.3, 0.4) is 0 Å². The van der Waals surface area contributed by atoms with Crippen molar-refractivity contribution < 1.29 is 27.6 Å². The first-order valence-corrected chi connectivity index (χ1v) is 11.5. The smallest absolute Gasteiger partial charge is 0.271 e. The molecule has 2 atom stereocenters. The monoisotopic (exact) mass is 465 g/mol. The summed E-state index contributed by atoms with van der Waals surface area (Å²) in [5.41, 5.74) is 0.908. The highest BCUT2D eigenvalue weighted by Crippen LogP contribution is 2.31. The second-order valence-corrected chi connectivity index (χ2v) is 9.16. The number of nitrogens with one attached hydrogen (secondary N) is 1. The Morgan fingerprint density at radius 2 is 1.78 bits per heavy atom. The number of hydrogen-bond acceptors (Lipinski definition) is 7. The molecule has 0 fully saturated rings.